The van der Waals surface area contributed by atoms with Gasteiger partial charge in [0.15, 0.2) is 0 Å². The first-order chi connectivity index (χ1) is 11.4. The summed E-state index contributed by atoms with van der Waals surface area (Å²) < 4.78 is 0. The molecule has 0 radical (unpaired) electrons. The molecule has 0 bridgehead atoms. The lowest BCUT2D eigenvalue weighted by Crippen LogP contribution is -2.25. The van der Waals surface area contributed by atoms with Gasteiger partial charge in [0, 0.05) is 29.3 Å². The molecule has 1 aromatic heterocycles. The third kappa shape index (κ3) is 2.35. The van der Waals surface area contributed by atoms with E-state index in [2.05, 4.69) is 22.5 Å². The lowest BCUT2D eigenvalue weighted by atomic mass is 9.80. The number of hydrogen-bond donors (Lipinski definition) is 2. The predicted molar refractivity (Wildman–Crippen MR) is 98.5 cm³/mol. The van der Waals surface area contributed by atoms with Crippen molar-refractivity contribution in [3.63, 3.8) is 0 Å². The van der Waals surface area contributed by atoms with Crippen molar-refractivity contribution < 1.29 is 5.11 Å². The van der Waals surface area contributed by atoms with Crippen LogP contribution in [0, 0.1) is 0 Å². The average Bonchev–Trinajstić information content (AvgIpc) is 3.16. The summed E-state index contributed by atoms with van der Waals surface area (Å²) in [5.74, 6) is 0.917. The Hall–Kier alpha value is -1.84. The second-order valence-corrected chi connectivity index (χ2v) is 7.74. The maximum Gasteiger partial charge on any atom is 0.131 e. The first kappa shape index (κ1) is 15.7. The molecule has 3 nitrogen and oxygen atoms in total. The van der Waals surface area contributed by atoms with Gasteiger partial charge < -0.3 is 10.4 Å². The van der Waals surface area contributed by atoms with Gasteiger partial charge in [0.25, 0.3) is 0 Å². The smallest absolute Gasteiger partial charge is 0.131 e. The van der Waals surface area contributed by atoms with Crippen molar-refractivity contribution in [3.05, 3.63) is 58.8 Å². The zero-order chi connectivity index (χ0) is 16.9. The van der Waals surface area contributed by atoms with Crippen LogP contribution in [0.3, 0.4) is 0 Å². The van der Waals surface area contributed by atoms with Crippen molar-refractivity contribution in [3.8, 4) is 11.1 Å². The summed E-state index contributed by atoms with van der Waals surface area (Å²) >= 11 is 6.83. The number of aliphatic hydroxyl groups is 1. The normalized spacial score (nSPS) is 18.0. The van der Waals surface area contributed by atoms with Crippen molar-refractivity contribution >= 4 is 17.4 Å². The van der Waals surface area contributed by atoms with Gasteiger partial charge in [-0.2, -0.15) is 0 Å². The minimum absolute atomic E-state index is 0.0580. The number of nitrogens with zero attached hydrogens (tertiary/aromatic N) is 1. The highest BCUT2D eigenvalue weighted by Gasteiger charge is 2.42. The molecule has 0 fully saturated rings. The van der Waals surface area contributed by atoms with E-state index in [9.17, 15) is 5.11 Å². The van der Waals surface area contributed by atoms with Crippen LogP contribution in [0.5, 0.6) is 0 Å². The molecular weight excluding hydrogens is 320 g/mol. The van der Waals surface area contributed by atoms with Gasteiger partial charge in [-0.3, -0.25) is 0 Å². The van der Waals surface area contributed by atoms with Crippen molar-refractivity contribution in [2.24, 2.45) is 0 Å². The number of fused-ring (bicyclic) bond motifs is 2. The molecule has 1 spiro atoms. The molecule has 0 amide bonds. The van der Waals surface area contributed by atoms with Crippen molar-refractivity contribution in [2.45, 2.75) is 37.7 Å². The Kier molecular flexibility index (Phi) is 3.48. The van der Waals surface area contributed by atoms with Crippen LogP contribution < -0.4 is 5.32 Å². The molecule has 0 saturated carbocycles. The highest BCUT2D eigenvalue weighted by Crippen LogP contribution is 2.49. The molecule has 2 heterocycles. The molecule has 2 aliphatic rings. The first-order valence-corrected chi connectivity index (χ1v) is 8.70. The second-order valence-electron chi connectivity index (χ2n) is 7.36. The summed E-state index contributed by atoms with van der Waals surface area (Å²) in [4.78, 5) is 4.61. The molecule has 1 aliphatic heterocycles. The van der Waals surface area contributed by atoms with E-state index < -0.39 is 5.60 Å². The monoisotopic (exact) mass is 340 g/mol. The number of pyridine rings is 1. The Labute approximate surface area is 147 Å². The van der Waals surface area contributed by atoms with E-state index in [1.807, 2.05) is 30.5 Å². The zero-order valence-electron chi connectivity index (χ0n) is 13.9. The summed E-state index contributed by atoms with van der Waals surface area (Å²) in [5.41, 5.74) is 3.22. The minimum Gasteiger partial charge on any atom is -0.386 e. The summed E-state index contributed by atoms with van der Waals surface area (Å²) in [6.07, 6.45) is 8.33. The van der Waals surface area contributed by atoms with Crippen LogP contribution in [-0.2, 0) is 11.0 Å². The fraction of sp³-hybridized carbons (Fsp3) is 0.350. The van der Waals surface area contributed by atoms with E-state index in [0.29, 0.717) is 0 Å². The number of hydrogen-bond acceptors (Lipinski definition) is 3. The fourth-order valence-electron chi connectivity index (χ4n) is 3.76. The zero-order valence-corrected chi connectivity index (χ0v) is 14.7. The molecule has 2 N–H and O–H groups in total. The van der Waals surface area contributed by atoms with Crippen LogP contribution in [0.4, 0.5) is 5.82 Å². The van der Waals surface area contributed by atoms with Crippen LogP contribution in [0.1, 0.15) is 37.8 Å². The number of rotatable bonds is 2. The van der Waals surface area contributed by atoms with Crippen LogP contribution >= 0.6 is 11.6 Å². The van der Waals surface area contributed by atoms with Gasteiger partial charge in [0.2, 0.25) is 0 Å². The molecule has 1 aromatic carbocycles. The standard InChI is InChI=1S/C20H21ClN2O/c1-19(2,24)14-7-5-13(6-8-14)15-11-22-18-16(17(15)21)20(12-23-18)9-3-4-10-20/h3-8,11,24H,9-10,12H2,1-2H3,(H,22,23). The Balaban J connectivity index is 1.78. The van der Waals surface area contributed by atoms with Crippen molar-refractivity contribution in [2.75, 3.05) is 11.9 Å². The Morgan fingerprint density at radius 3 is 2.46 bits per heavy atom. The predicted octanol–water partition coefficient (Wildman–Crippen LogP) is 4.64. The van der Waals surface area contributed by atoms with Crippen molar-refractivity contribution in [1.29, 1.82) is 0 Å². The van der Waals surface area contributed by atoms with E-state index in [1.165, 1.54) is 0 Å². The molecule has 124 valence electrons. The van der Waals surface area contributed by atoms with E-state index in [-0.39, 0.29) is 5.41 Å². The maximum absolute atomic E-state index is 10.1. The minimum atomic E-state index is -0.845. The lowest BCUT2D eigenvalue weighted by Gasteiger charge is -2.24. The van der Waals surface area contributed by atoms with Crippen LogP contribution in [0.2, 0.25) is 5.02 Å². The van der Waals surface area contributed by atoms with E-state index >= 15 is 0 Å². The summed E-state index contributed by atoms with van der Waals surface area (Å²) in [5, 5.41) is 14.3. The number of allylic oxidation sites excluding steroid dienone is 2. The second kappa shape index (κ2) is 5.33. The highest BCUT2D eigenvalue weighted by atomic mass is 35.5. The number of aromatic nitrogens is 1. The van der Waals surface area contributed by atoms with Gasteiger partial charge >= 0.3 is 0 Å². The van der Waals surface area contributed by atoms with Gasteiger partial charge in [-0.05, 0) is 37.8 Å². The molecule has 0 unspecified atom stereocenters. The van der Waals surface area contributed by atoms with Gasteiger partial charge in [0.1, 0.15) is 5.82 Å². The van der Waals surface area contributed by atoms with Gasteiger partial charge in [-0.1, -0.05) is 48.0 Å². The number of anilines is 1. The molecule has 0 atom stereocenters. The molecule has 1 aliphatic carbocycles. The average molecular weight is 341 g/mol. The Bertz CT molecular complexity index is 811. The van der Waals surface area contributed by atoms with Crippen molar-refractivity contribution in [1.82, 2.24) is 4.98 Å². The van der Waals surface area contributed by atoms with E-state index in [4.69, 9.17) is 11.6 Å². The van der Waals surface area contributed by atoms with Gasteiger partial charge in [-0.15, -0.1) is 0 Å². The molecule has 0 saturated heterocycles. The molecule has 4 heteroatoms. The molecule has 4 rings (SSSR count). The number of benzene rings is 1. The Morgan fingerprint density at radius 2 is 1.83 bits per heavy atom. The quantitative estimate of drug-likeness (QED) is 0.783. The summed E-state index contributed by atoms with van der Waals surface area (Å²) in [6.45, 7) is 4.46. The molecule has 2 aromatic rings. The lowest BCUT2D eigenvalue weighted by molar-refractivity contribution is 0.0786. The first-order valence-electron chi connectivity index (χ1n) is 8.32. The highest BCUT2D eigenvalue weighted by molar-refractivity contribution is 6.34. The number of halogens is 1. The Morgan fingerprint density at radius 1 is 1.17 bits per heavy atom. The van der Waals surface area contributed by atoms with Crippen LogP contribution in [0.15, 0.2) is 42.6 Å². The topological polar surface area (TPSA) is 45.2 Å². The van der Waals surface area contributed by atoms with Gasteiger partial charge in [0.05, 0.1) is 10.6 Å². The summed E-state index contributed by atoms with van der Waals surface area (Å²) in [6, 6.07) is 7.91. The van der Waals surface area contributed by atoms with Crippen LogP contribution in [-0.4, -0.2) is 16.6 Å². The van der Waals surface area contributed by atoms with Gasteiger partial charge in [-0.25, -0.2) is 4.98 Å². The third-order valence-corrected chi connectivity index (χ3v) is 5.62. The van der Waals surface area contributed by atoms with E-state index in [1.54, 1.807) is 13.8 Å². The SMILES string of the molecule is CC(C)(O)c1ccc(-c2cnc3c(c2Cl)C2(CC=CC2)CN3)cc1. The maximum atomic E-state index is 10.1. The molecular formula is C20H21ClN2O. The summed E-state index contributed by atoms with van der Waals surface area (Å²) in [7, 11) is 0. The number of nitrogens with one attached hydrogen (secondary N) is 1. The fourth-order valence-corrected chi connectivity index (χ4v) is 4.20. The van der Waals surface area contributed by atoms with Crippen LogP contribution in [0.25, 0.3) is 11.1 Å². The molecule has 24 heavy (non-hydrogen) atoms. The largest absolute Gasteiger partial charge is 0.386 e. The third-order valence-electron chi connectivity index (χ3n) is 5.23. The van der Waals surface area contributed by atoms with E-state index in [0.717, 1.165) is 52.5 Å².